The Balaban J connectivity index is 1.49. The summed E-state index contributed by atoms with van der Waals surface area (Å²) in [6, 6.07) is 7.33. The van der Waals surface area contributed by atoms with Crippen molar-refractivity contribution in [2.24, 2.45) is 0 Å². The van der Waals surface area contributed by atoms with E-state index in [9.17, 15) is 14.4 Å². The summed E-state index contributed by atoms with van der Waals surface area (Å²) in [7, 11) is 0. The van der Waals surface area contributed by atoms with Crippen molar-refractivity contribution in [2.75, 3.05) is 5.32 Å². The minimum Gasteiger partial charge on any atom is -0.425 e. The van der Waals surface area contributed by atoms with Gasteiger partial charge in [-0.05, 0) is 115 Å². The first-order chi connectivity index (χ1) is 16.5. The van der Waals surface area contributed by atoms with E-state index in [2.05, 4.69) is 79.0 Å². The molecule has 8 nitrogen and oxygen atoms in total. The van der Waals surface area contributed by atoms with Crippen molar-refractivity contribution in [1.29, 1.82) is 0 Å². The predicted octanol–water partition coefficient (Wildman–Crippen LogP) is 6.48. The molecule has 0 aliphatic carbocycles. The lowest BCUT2D eigenvalue weighted by atomic mass is 10.1. The van der Waals surface area contributed by atoms with Gasteiger partial charge in [-0.3, -0.25) is 14.5 Å². The minimum absolute atomic E-state index is 0.167. The zero-order valence-corrected chi connectivity index (χ0v) is 24.8. The molecule has 2 amide bonds. The third-order valence-electron chi connectivity index (χ3n) is 5.17. The number of carbonyl (C=O) groups excluding carboxylic acids is 3. The van der Waals surface area contributed by atoms with Crippen molar-refractivity contribution in [3.8, 4) is 5.75 Å². The van der Waals surface area contributed by atoms with Gasteiger partial charge < -0.3 is 10.1 Å². The van der Waals surface area contributed by atoms with Gasteiger partial charge in [-0.2, -0.15) is 0 Å². The van der Waals surface area contributed by atoms with Crippen LogP contribution in [0.25, 0.3) is 0 Å². The number of aryl methyl sites for hydroxylation is 2. The van der Waals surface area contributed by atoms with Gasteiger partial charge in [0.05, 0.1) is 11.1 Å². The van der Waals surface area contributed by atoms with E-state index < -0.39 is 23.8 Å². The minimum atomic E-state index is -1.15. The maximum atomic E-state index is 13.1. The van der Waals surface area contributed by atoms with Gasteiger partial charge in [0.25, 0.3) is 11.8 Å². The molecule has 1 N–H and O–H groups in total. The van der Waals surface area contributed by atoms with E-state index in [0.29, 0.717) is 29.5 Å². The van der Waals surface area contributed by atoms with Crippen LogP contribution < -0.4 is 10.1 Å². The Morgan fingerprint density at radius 2 is 1.37 bits per heavy atom. The van der Waals surface area contributed by atoms with Crippen LogP contribution >= 0.6 is 63.7 Å². The molecule has 12 heteroatoms. The molecule has 2 aromatic carbocycles. The topological polar surface area (TPSA) is 101 Å². The first-order valence-corrected chi connectivity index (χ1v) is 13.3. The molecule has 3 aromatic rings. The van der Waals surface area contributed by atoms with Gasteiger partial charge in [-0.1, -0.05) is 0 Å². The Morgan fingerprint density at radius 3 is 1.86 bits per heavy atom. The number of hydrogen-bond acceptors (Lipinski definition) is 7. The van der Waals surface area contributed by atoms with Crippen LogP contribution in [0.1, 0.15) is 39.0 Å². The number of rotatable bonds is 5. The van der Waals surface area contributed by atoms with Gasteiger partial charge in [-0.25, -0.2) is 14.8 Å². The monoisotopic (exact) mass is 728 g/mol. The first-order valence-electron chi connectivity index (χ1n) is 10.1. The zero-order valence-electron chi connectivity index (χ0n) is 18.5. The average molecular weight is 732 g/mol. The van der Waals surface area contributed by atoms with Crippen molar-refractivity contribution in [1.82, 2.24) is 14.9 Å². The van der Waals surface area contributed by atoms with E-state index in [0.717, 1.165) is 16.3 Å². The lowest BCUT2D eigenvalue weighted by molar-refractivity contribution is -0.138. The highest BCUT2D eigenvalue weighted by molar-refractivity contribution is 9.15. The summed E-state index contributed by atoms with van der Waals surface area (Å²) >= 11 is 13.5. The van der Waals surface area contributed by atoms with Crippen molar-refractivity contribution in [3.63, 3.8) is 0 Å². The highest BCUT2D eigenvalue weighted by Gasteiger charge is 2.45. The molecular weight excluding hydrogens is 716 g/mol. The number of hydrogen-bond donors (Lipinski definition) is 1. The molecule has 0 fully saturated rings. The number of imide groups is 1. The number of esters is 1. The van der Waals surface area contributed by atoms with Crippen LogP contribution in [-0.4, -0.2) is 38.7 Å². The molecule has 1 aliphatic heterocycles. The second kappa shape index (κ2) is 10.1. The third kappa shape index (κ3) is 4.93. The van der Waals surface area contributed by atoms with E-state index in [-0.39, 0.29) is 16.9 Å². The van der Waals surface area contributed by atoms with Crippen LogP contribution in [-0.2, 0) is 4.79 Å². The summed E-state index contributed by atoms with van der Waals surface area (Å²) in [5.74, 6) is -1.21. The molecule has 0 saturated heterocycles. The number of anilines is 2. The Hall–Kier alpha value is -2.15. The molecule has 0 spiro atoms. The third-order valence-corrected chi connectivity index (χ3v) is 9.94. The van der Waals surface area contributed by atoms with E-state index in [1.54, 1.807) is 24.3 Å². The molecule has 180 valence electrons. The molecular formula is C23H16Br4N4O4. The van der Waals surface area contributed by atoms with Crippen molar-refractivity contribution >= 4 is 93.1 Å². The maximum absolute atomic E-state index is 13.1. The molecule has 4 rings (SSSR count). The number of nitrogens with zero attached hydrogens (tertiary/aromatic N) is 3. The van der Waals surface area contributed by atoms with Crippen LogP contribution in [0.2, 0.25) is 0 Å². The highest BCUT2D eigenvalue weighted by Crippen LogP contribution is 2.45. The molecule has 2 heterocycles. The fraction of sp³-hybridized carbons (Fsp3) is 0.174. The van der Waals surface area contributed by atoms with Crippen LogP contribution in [0, 0.1) is 13.8 Å². The van der Waals surface area contributed by atoms with E-state index in [1.807, 2.05) is 19.9 Å². The molecule has 35 heavy (non-hydrogen) atoms. The molecule has 0 saturated carbocycles. The number of aromatic nitrogens is 2. The summed E-state index contributed by atoms with van der Waals surface area (Å²) in [6.45, 7) is 5.21. The lowest BCUT2D eigenvalue weighted by Crippen LogP contribution is -2.44. The van der Waals surface area contributed by atoms with Gasteiger partial charge in [0.2, 0.25) is 5.95 Å². The highest BCUT2D eigenvalue weighted by atomic mass is 79.9. The standard InChI is InChI=1S/C23H16Br4N4O4/c1-9-8-10(2)29-23(28-9)30-12-4-6-13(7-5-12)35-22(34)11(3)31-20(32)14-15(21(31)33)17(25)19(27)18(26)16(14)24/h4-8,11H,1-3H3,(H,28,29,30). The fourth-order valence-corrected chi connectivity index (χ4v) is 6.00. The van der Waals surface area contributed by atoms with Gasteiger partial charge in [-0.15, -0.1) is 0 Å². The Kier molecular flexibility index (Phi) is 7.46. The van der Waals surface area contributed by atoms with Crippen molar-refractivity contribution in [3.05, 3.63) is 70.7 Å². The molecule has 0 radical (unpaired) electrons. The SMILES string of the molecule is Cc1cc(C)nc(Nc2ccc(OC(=O)C(C)N3C(=O)c4c(Br)c(Br)c(Br)c(Br)c4C3=O)cc2)n1. The summed E-state index contributed by atoms with van der Waals surface area (Å²) in [5, 5.41) is 3.10. The Labute approximate surface area is 234 Å². The van der Waals surface area contributed by atoms with Gasteiger partial charge in [0, 0.05) is 35.0 Å². The van der Waals surface area contributed by atoms with Gasteiger partial charge in [0.15, 0.2) is 0 Å². The van der Waals surface area contributed by atoms with E-state index in [4.69, 9.17) is 4.74 Å². The number of benzene rings is 2. The average Bonchev–Trinajstić information content (AvgIpc) is 3.06. The zero-order chi connectivity index (χ0) is 25.6. The van der Waals surface area contributed by atoms with E-state index in [1.165, 1.54) is 6.92 Å². The number of nitrogens with one attached hydrogen (secondary N) is 1. The Bertz CT molecular complexity index is 1330. The normalized spacial score (nSPS) is 13.6. The molecule has 1 aliphatic rings. The van der Waals surface area contributed by atoms with Crippen molar-refractivity contribution in [2.45, 2.75) is 26.8 Å². The predicted molar refractivity (Wildman–Crippen MR) is 144 cm³/mol. The molecule has 1 atom stereocenters. The molecule has 0 bridgehead atoms. The molecule has 1 unspecified atom stereocenters. The summed E-state index contributed by atoms with van der Waals surface area (Å²) in [5.41, 5.74) is 2.72. The smallest absolute Gasteiger partial charge is 0.334 e. The largest absolute Gasteiger partial charge is 0.425 e. The fourth-order valence-electron chi connectivity index (χ4n) is 3.54. The first kappa shape index (κ1) is 25.9. The summed E-state index contributed by atoms with van der Waals surface area (Å²) < 4.78 is 7.42. The molecule has 1 aromatic heterocycles. The van der Waals surface area contributed by atoms with Crippen LogP contribution in [0.5, 0.6) is 5.75 Å². The van der Waals surface area contributed by atoms with Crippen LogP contribution in [0.3, 0.4) is 0 Å². The Morgan fingerprint density at radius 1 is 0.886 bits per heavy atom. The number of fused-ring (bicyclic) bond motifs is 1. The second-order valence-electron chi connectivity index (χ2n) is 7.71. The number of amides is 2. The second-order valence-corrected chi connectivity index (χ2v) is 10.9. The van der Waals surface area contributed by atoms with E-state index >= 15 is 0 Å². The van der Waals surface area contributed by atoms with Crippen LogP contribution in [0.15, 0.2) is 48.2 Å². The number of carbonyl (C=O) groups is 3. The summed E-state index contributed by atoms with van der Waals surface area (Å²) in [6.07, 6.45) is 0. The lowest BCUT2D eigenvalue weighted by Gasteiger charge is -2.21. The maximum Gasteiger partial charge on any atom is 0.334 e. The number of ether oxygens (including phenoxy) is 1. The van der Waals surface area contributed by atoms with Crippen molar-refractivity contribution < 1.29 is 19.1 Å². The van der Waals surface area contributed by atoms with Gasteiger partial charge >= 0.3 is 5.97 Å². The number of halogens is 4. The van der Waals surface area contributed by atoms with Crippen LogP contribution in [0.4, 0.5) is 11.6 Å². The quantitative estimate of drug-likeness (QED) is 0.106. The van der Waals surface area contributed by atoms with Gasteiger partial charge in [0.1, 0.15) is 11.8 Å². The summed E-state index contributed by atoms with van der Waals surface area (Å²) in [4.78, 5) is 48.6.